The summed E-state index contributed by atoms with van der Waals surface area (Å²) in [5.41, 5.74) is 2.09. The van der Waals surface area contributed by atoms with Crippen molar-refractivity contribution in [1.82, 2.24) is 4.90 Å². The molecule has 158 valence electrons. The molecule has 0 spiro atoms. The molecule has 1 N–H and O–H groups in total. The van der Waals surface area contributed by atoms with E-state index in [0.717, 1.165) is 32.7 Å². The van der Waals surface area contributed by atoms with Gasteiger partial charge in [-0.05, 0) is 29.8 Å². The molecule has 2 aromatic carbocycles. The lowest BCUT2D eigenvalue weighted by Crippen LogP contribution is -2.47. The fourth-order valence-corrected chi connectivity index (χ4v) is 3.83. The van der Waals surface area contributed by atoms with Gasteiger partial charge in [0.25, 0.3) is 0 Å². The molecular weight excluding hydrogens is 390 g/mol. The van der Waals surface area contributed by atoms with E-state index in [4.69, 9.17) is 4.74 Å². The lowest BCUT2D eigenvalue weighted by molar-refractivity contribution is -0.115. The first kappa shape index (κ1) is 20.4. The van der Waals surface area contributed by atoms with E-state index < -0.39 is 11.7 Å². The van der Waals surface area contributed by atoms with Crippen molar-refractivity contribution in [2.24, 2.45) is 4.99 Å². The largest absolute Gasteiger partial charge is 0.383 e. The number of benzene rings is 2. The maximum Gasteiger partial charge on any atom is 0.237 e. The van der Waals surface area contributed by atoms with E-state index in [1.54, 1.807) is 25.3 Å². The first-order valence-corrected chi connectivity index (χ1v) is 9.95. The van der Waals surface area contributed by atoms with Crippen molar-refractivity contribution >= 4 is 29.2 Å². The molecule has 0 aliphatic carbocycles. The summed E-state index contributed by atoms with van der Waals surface area (Å²) in [5, 5.41) is 2.64. The summed E-state index contributed by atoms with van der Waals surface area (Å²) in [5.74, 6) is -1.65. The summed E-state index contributed by atoms with van der Waals surface area (Å²) in [6.07, 6.45) is 1.47. The van der Waals surface area contributed by atoms with Crippen LogP contribution < -0.4 is 10.2 Å². The Kier molecular flexibility index (Phi) is 6.06. The molecule has 0 saturated carbocycles. The van der Waals surface area contributed by atoms with Crippen LogP contribution >= 0.6 is 0 Å². The van der Waals surface area contributed by atoms with Gasteiger partial charge >= 0.3 is 0 Å². The number of aliphatic imine (C=N–C) groups is 1. The van der Waals surface area contributed by atoms with Crippen LogP contribution in [-0.4, -0.2) is 63.5 Å². The average Bonchev–Trinajstić information content (AvgIpc) is 3.05. The van der Waals surface area contributed by atoms with Gasteiger partial charge in [-0.15, -0.1) is 0 Å². The number of carbonyl (C=O) groups excluding carboxylic acids is 1. The lowest BCUT2D eigenvalue weighted by Gasteiger charge is -2.36. The summed E-state index contributed by atoms with van der Waals surface area (Å²) in [7, 11) is 1.69. The number of hydrogen-bond donors (Lipinski definition) is 1. The van der Waals surface area contributed by atoms with Gasteiger partial charge in [0.15, 0.2) is 0 Å². The van der Waals surface area contributed by atoms with Crippen molar-refractivity contribution in [3.63, 3.8) is 0 Å². The lowest BCUT2D eigenvalue weighted by atomic mass is 10.0. The first-order chi connectivity index (χ1) is 14.5. The molecule has 0 radical (unpaired) electrons. The number of methoxy groups -OCH3 is 1. The minimum atomic E-state index is -0.622. The van der Waals surface area contributed by atoms with Gasteiger partial charge < -0.3 is 15.0 Å². The van der Waals surface area contributed by atoms with Crippen molar-refractivity contribution in [2.45, 2.75) is 5.92 Å². The van der Waals surface area contributed by atoms with Crippen molar-refractivity contribution in [3.05, 3.63) is 53.6 Å². The minimum absolute atomic E-state index is 0.275. The number of fused-ring (bicyclic) bond motifs is 1. The van der Waals surface area contributed by atoms with Crippen molar-refractivity contribution in [3.8, 4) is 0 Å². The zero-order valence-corrected chi connectivity index (χ0v) is 16.8. The van der Waals surface area contributed by atoms with Gasteiger partial charge in [0.05, 0.1) is 18.0 Å². The molecule has 4 rings (SSSR count). The molecule has 2 heterocycles. The Morgan fingerprint density at radius 2 is 1.97 bits per heavy atom. The monoisotopic (exact) mass is 414 g/mol. The predicted molar refractivity (Wildman–Crippen MR) is 113 cm³/mol. The van der Waals surface area contributed by atoms with Crippen LogP contribution in [-0.2, 0) is 9.53 Å². The Morgan fingerprint density at radius 1 is 1.17 bits per heavy atom. The average molecular weight is 414 g/mol. The molecule has 0 aromatic heterocycles. The third kappa shape index (κ3) is 4.34. The summed E-state index contributed by atoms with van der Waals surface area (Å²) in [4.78, 5) is 20.8. The highest BCUT2D eigenvalue weighted by atomic mass is 19.1. The van der Waals surface area contributed by atoms with Crippen LogP contribution in [0.15, 0.2) is 41.4 Å². The molecule has 6 nitrogen and oxygen atoms in total. The van der Waals surface area contributed by atoms with Crippen LogP contribution in [0.5, 0.6) is 0 Å². The molecular formula is C22H24F2N4O2. The number of nitrogens with one attached hydrogen (secondary N) is 1. The van der Waals surface area contributed by atoms with Gasteiger partial charge in [-0.1, -0.05) is 6.07 Å². The molecule has 2 aliphatic heterocycles. The van der Waals surface area contributed by atoms with Gasteiger partial charge in [0, 0.05) is 57.8 Å². The van der Waals surface area contributed by atoms with E-state index in [1.807, 2.05) is 4.90 Å². The molecule has 1 unspecified atom stereocenters. The normalized spacial score (nSPS) is 19.4. The fraction of sp³-hybridized carbons (Fsp3) is 0.364. The molecule has 2 aromatic rings. The van der Waals surface area contributed by atoms with Crippen LogP contribution in [0.2, 0.25) is 0 Å². The van der Waals surface area contributed by atoms with Crippen molar-refractivity contribution in [1.29, 1.82) is 0 Å². The third-order valence-electron chi connectivity index (χ3n) is 5.52. The Hall–Kier alpha value is -2.84. The number of nitrogens with zero attached hydrogens (tertiary/aromatic N) is 3. The molecule has 1 saturated heterocycles. The number of amides is 1. The van der Waals surface area contributed by atoms with Crippen LogP contribution in [0.25, 0.3) is 0 Å². The Morgan fingerprint density at radius 3 is 2.70 bits per heavy atom. The molecule has 2 aliphatic rings. The van der Waals surface area contributed by atoms with Gasteiger partial charge in [-0.2, -0.15) is 0 Å². The van der Waals surface area contributed by atoms with Crippen molar-refractivity contribution in [2.75, 3.05) is 56.7 Å². The second-order valence-corrected chi connectivity index (χ2v) is 7.43. The molecule has 1 amide bonds. The van der Waals surface area contributed by atoms with Crippen LogP contribution in [0.4, 0.5) is 25.8 Å². The maximum absolute atomic E-state index is 14.7. The predicted octanol–water partition coefficient (Wildman–Crippen LogP) is 3.17. The topological polar surface area (TPSA) is 57.2 Å². The van der Waals surface area contributed by atoms with E-state index in [0.29, 0.717) is 29.2 Å². The first-order valence-electron chi connectivity index (χ1n) is 9.95. The summed E-state index contributed by atoms with van der Waals surface area (Å²) >= 11 is 0. The van der Waals surface area contributed by atoms with Crippen LogP contribution in [0.3, 0.4) is 0 Å². The van der Waals surface area contributed by atoms with Crippen LogP contribution in [0.1, 0.15) is 11.5 Å². The van der Waals surface area contributed by atoms with Gasteiger partial charge in [0.1, 0.15) is 17.6 Å². The minimum Gasteiger partial charge on any atom is -0.383 e. The Labute approximate surface area is 174 Å². The van der Waals surface area contributed by atoms with Gasteiger partial charge in [-0.3, -0.25) is 14.7 Å². The van der Waals surface area contributed by atoms with E-state index in [1.165, 1.54) is 24.4 Å². The number of ether oxygens (including phenoxy) is 1. The Balaban J connectivity index is 1.43. The number of rotatable bonds is 6. The number of carbonyl (C=O) groups is 1. The standard InChI is InChI=1S/C22H24F2N4O2/c1-30-11-10-27-6-8-28(9-7-27)21-5-3-16(13-19(21)24)25-14-18-17-4-2-15(23)12-20(17)26-22(18)29/h2-5,12-14,18H,6-11H2,1H3,(H,26,29). The zero-order valence-electron chi connectivity index (χ0n) is 16.8. The number of anilines is 2. The zero-order chi connectivity index (χ0) is 21.1. The van der Waals surface area contributed by atoms with E-state index in [9.17, 15) is 13.6 Å². The van der Waals surface area contributed by atoms with E-state index in [2.05, 4.69) is 15.2 Å². The van der Waals surface area contributed by atoms with Crippen molar-refractivity contribution < 1.29 is 18.3 Å². The van der Waals surface area contributed by atoms with Gasteiger partial charge in [-0.25, -0.2) is 8.78 Å². The molecule has 0 bridgehead atoms. The molecule has 30 heavy (non-hydrogen) atoms. The molecule has 1 fully saturated rings. The Bertz CT molecular complexity index is 958. The quantitative estimate of drug-likeness (QED) is 0.738. The highest BCUT2D eigenvalue weighted by Gasteiger charge is 2.29. The third-order valence-corrected chi connectivity index (χ3v) is 5.52. The van der Waals surface area contributed by atoms with E-state index >= 15 is 0 Å². The smallest absolute Gasteiger partial charge is 0.237 e. The fourth-order valence-electron chi connectivity index (χ4n) is 3.83. The van der Waals surface area contributed by atoms with Crippen LogP contribution in [0, 0.1) is 11.6 Å². The maximum atomic E-state index is 14.7. The summed E-state index contributed by atoms with van der Waals surface area (Å²) < 4.78 is 33.2. The highest BCUT2D eigenvalue weighted by molar-refractivity contribution is 6.12. The van der Waals surface area contributed by atoms with Gasteiger partial charge in [0.2, 0.25) is 5.91 Å². The number of piperazine rings is 1. The second kappa shape index (κ2) is 8.89. The SMILES string of the molecule is COCCN1CCN(c2ccc(N=CC3C(=O)Nc4cc(F)ccc43)cc2F)CC1. The highest BCUT2D eigenvalue weighted by Crippen LogP contribution is 2.33. The summed E-state index contributed by atoms with van der Waals surface area (Å²) in [6.45, 7) is 4.79. The molecule has 8 heteroatoms. The second-order valence-electron chi connectivity index (χ2n) is 7.43. The van der Waals surface area contributed by atoms with E-state index in [-0.39, 0.29) is 11.7 Å². The summed E-state index contributed by atoms with van der Waals surface area (Å²) in [6, 6.07) is 9.00. The molecule has 1 atom stereocenters. The number of halogens is 2. The number of hydrogen-bond acceptors (Lipinski definition) is 5.